The summed E-state index contributed by atoms with van der Waals surface area (Å²) in [6.45, 7) is 1.64. The van der Waals surface area contributed by atoms with Crippen LogP contribution in [0.25, 0.3) is 0 Å². The molecule has 0 atom stereocenters. The molecule has 0 fully saturated rings. The summed E-state index contributed by atoms with van der Waals surface area (Å²) in [5.74, 6) is -1.12. The van der Waals surface area contributed by atoms with Crippen LogP contribution in [0.4, 0.5) is 15.8 Å². The molecule has 0 aliphatic carbocycles. The second kappa shape index (κ2) is 8.75. The molecule has 2 aromatic rings. The molecule has 136 valence electrons. The Morgan fingerprint density at radius 2 is 1.65 bits per heavy atom. The zero-order valence-electron chi connectivity index (χ0n) is 14.9. The van der Waals surface area contributed by atoms with Gasteiger partial charge in [-0.05, 0) is 55.5 Å². The fraction of sp³-hybridized carbons (Fsp3) is 0.211. The molecule has 2 amide bonds. The monoisotopic (exact) mass is 356 g/mol. The van der Waals surface area contributed by atoms with Crippen LogP contribution in [-0.4, -0.2) is 31.6 Å². The van der Waals surface area contributed by atoms with Crippen LogP contribution in [0.5, 0.6) is 0 Å². The van der Waals surface area contributed by atoms with E-state index in [1.165, 1.54) is 24.3 Å². The van der Waals surface area contributed by atoms with Gasteiger partial charge in [0.05, 0.1) is 6.42 Å². The minimum absolute atomic E-state index is 0.0408. The molecule has 0 spiro atoms. The number of amides is 2. The van der Waals surface area contributed by atoms with E-state index in [-0.39, 0.29) is 17.9 Å². The largest absolute Gasteiger partial charge is 0.378 e. The summed E-state index contributed by atoms with van der Waals surface area (Å²) in [5.41, 5.74) is 4.80. The van der Waals surface area contributed by atoms with Crippen LogP contribution in [0.15, 0.2) is 53.6 Å². The van der Waals surface area contributed by atoms with Crippen LogP contribution in [0.3, 0.4) is 0 Å². The van der Waals surface area contributed by atoms with Gasteiger partial charge in [-0.25, -0.2) is 9.82 Å². The van der Waals surface area contributed by atoms with E-state index in [4.69, 9.17) is 0 Å². The standard InChI is InChI=1S/C19H21FN4O2/c1-13(22-23-19(26)14-4-6-15(20)7-5-14)12-18(25)21-16-8-10-17(11-9-16)24(2)3/h4-11H,12H2,1-3H3,(H,21,25)(H,23,26)/b22-13+. The summed E-state index contributed by atoms with van der Waals surface area (Å²) in [5, 5.41) is 6.67. The van der Waals surface area contributed by atoms with Gasteiger partial charge < -0.3 is 10.2 Å². The first-order valence-corrected chi connectivity index (χ1v) is 8.01. The normalized spacial score (nSPS) is 11.0. The van der Waals surface area contributed by atoms with E-state index in [9.17, 15) is 14.0 Å². The Hall–Kier alpha value is -3.22. The predicted molar refractivity (Wildman–Crippen MR) is 101 cm³/mol. The molecule has 0 aliphatic rings. The zero-order chi connectivity index (χ0) is 19.1. The topological polar surface area (TPSA) is 73.8 Å². The lowest BCUT2D eigenvalue weighted by atomic mass is 10.2. The molecule has 26 heavy (non-hydrogen) atoms. The first-order valence-electron chi connectivity index (χ1n) is 8.01. The van der Waals surface area contributed by atoms with Crippen molar-refractivity contribution in [2.24, 2.45) is 5.10 Å². The highest BCUT2D eigenvalue weighted by Crippen LogP contribution is 2.15. The van der Waals surface area contributed by atoms with Crippen molar-refractivity contribution in [3.05, 3.63) is 59.9 Å². The van der Waals surface area contributed by atoms with Crippen molar-refractivity contribution < 1.29 is 14.0 Å². The van der Waals surface area contributed by atoms with Crippen molar-refractivity contribution in [3.63, 3.8) is 0 Å². The third-order valence-electron chi connectivity index (χ3n) is 3.54. The van der Waals surface area contributed by atoms with E-state index in [1.54, 1.807) is 6.92 Å². The van der Waals surface area contributed by atoms with Gasteiger partial charge in [-0.2, -0.15) is 5.10 Å². The van der Waals surface area contributed by atoms with Crippen LogP contribution in [0, 0.1) is 5.82 Å². The Bertz CT molecular complexity index is 799. The Labute approximate surface area is 151 Å². The zero-order valence-corrected chi connectivity index (χ0v) is 14.9. The first-order chi connectivity index (χ1) is 12.3. The number of carbonyl (C=O) groups is 2. The number of anilines is 2. The fourth-order valence-electron chi connectivity index (χ4n) is 2.13. The maximum Gasteiger partial charge on any atom is 0.271 e. The van der Waals surface area contributed by atoms with E-state index in [0.717, 1.165) is 5.69 Å². The number of carbonyl (C=O) groups excluding carboxylic acids is 2. The van der Waals surface area contributed by atoms with Gasteiger partial charge in [-0.1, -0.05) is 0 Å². The quantitative estimate of drug-likeness (QED) is 0.617. The minimum Gasteiger partial charge on any atom is -0.378 e. The van der Waals surface area contributed by atoms with Crippen LogP contribution in [0.1, 0.15) is 23.7 Å². The molecular formula is C19H21FN4O2. The third kappa shape index (κ3) is 5.70. The molecular weight excluding hydrogens is 335 g/mol. The molecule has 0 unspecified atom stereocenters. The van der Waals surface area contributed by atoms with Gasteiger partial charge in [-0.3, -0.25) is 9.59 Å². The van der Waals surface area contributed by atoms with Crippen LogP contribution < -0.4 is 15.6 Å². The number of hydrazone groups is 1. The van der Waals surface area contributed by atoms with Gasteiger partial charge in [0.1, 0.15) is 5.82 Å². The SMILES string of the molecule is C/C(CC(=O)Nc1ccc(N(C)C)cc1)=N\NC(=O)c1ccc(F)cc1. The highest BCUT2D eigenvalue weighted by atomic mass is 19.1. The maximum atomic E-state index is 12.8. The van der Waals surface area contributed by atoms with Crippen molar-refractivity contribution in [1.82, 2.24) is 5.43 Å². The summed E-state index contributed by atoms with van der Waals surface area (Å²) < 4.78 is 12.8. The minimum atomic E-state index is -0.468. The molecule has 0 aromatic heterocycles. The number of hydrogen-bond donors (Lipinski definition) is 2. The smallest absolute Gasteiger partial charge is 0.271 e. The number of halogens is 1. The van der Waals surface area contributed by atoms with E-state index in [2.05, 4.69) is 15.8 Å². The molecule has 0 saturated carbocycles. The maximum absolute atomic E-state index is 12.8. The van der Waals surface area contributed by atoms with Crippen molar-refractivity contribution in [3.8, 4) is 0 Å². The lowest BCUT2D eigenvalue weighted by Crippen LogP contribution is -2.21. The average Bonchev–Trinajstić information content (AvgIpc) is 2.60. The lowest BCUT2D eigenvalue weighted by Gasteiger charge is -2.13. The van der Waals surface area contributed by atoms with E-state index < -0.39 is 11.7 Å². The molecule has 0 heterocycles. The molecule has 2 rings (SSSR count). The number of nitrogens with one attached hydrogen (secondary N) is 2. The average molecular weight is 356 g/mol. The predicted octanol–water partition coefficient (Wildman–Crippen LogP) is 3.03. The molecule has 0 radical (unpaired) electrons. The molecule has 0 bridgehead atoms. The Kier molecular flexibility index (Phi) is 6.43. The van der Waals surface area contributed by atoms with Gasteiger partial charge in [-0.15, -0.1) is 0 Å². The second-order valence-electron chi connectivity index (χ2n) is 5.96. The van der Waals surface area contributed by atoms with E-state index in [1.807, 2.05) is 43.3 Å². The number of benzene rings is 2. The summed E-state index contributed by atoms with van der Waals surface area (Å²) in [4.78, 5) is 25.9. The van der Waals surface area contributed by atoms with Crippen LogP contribution >= 0.6 is 0 Å². The number of nitrogens with zero attached hydrogens (tertiary/aromatic N) is 2. The first kappa shape index (κ1) is 19.1. The summed E-state index contributed by atoms with van der Waals surface area (Å²) in [6.07, 6.45) is 0.0408. The molecule has 7 heteroatoms. The highest BCUT2D eigenvalue weighted by molar-refractivity contribution is 6.06. The second-order valence-corrected chi connectivity index (χ2v) is 5.96. The number of hydrogen-bond acceptors (Lipinski definition) is 4. The van der Waals surface area contributed by atoms with E-state index >= 15 is 0 Å². The van der Waals surface area contributed by atoms with E-state index in [0.29, 0.717) is 11.4 Å². The summed E-state index contributed by atoms with van der Waals surface area (Å²) in [6, 6.07) is 12.5. The Morgan fingerprint density at radius 1 is 1.04 bits per heavy atom. The van der Waals surface area contributed by atoms with Crippen molar-refractivity contribution in [2.45, 2.75) is 13.3 Å². The summed E-state index contributed by atoms with van der Waals surface area (Å²) in [7, 11) is 3.88. The third-order valence-corrected chi connectivity index (χ3v) is 3.54. The molecule has 6 nitrogen and oxygen atoms in total. The molecule has 0 saturated heterocycles. The molecule has 2 N–H and O–H groups in total. The van der Waals surface area contributed by atoms with Crippen LogP contribution in [-0.2, 0) is 4.79 Å². The molecule has 0 aliphatic heterocycles. The van der Waals surface area contributed by atoms with Crippen molar-refractivity contribution >= 4 is 28.9 Å². The Morgan fingerprint density at radius 3 is 2.23 bits per heavy atom. The van der Waals surface area contributed by atoms with Gasteiger partial charge in [0.25, 0.3) is 5.91 Å². The fourth-order valence-corrected chi connectivity index (χ4v) is 2.13. The highest BCUT2D eigenvalue weighted by Gasteiger charge is 2.07. The van der Waals surface area contributed by atoms with Gasteiger partial charge in [0.2, 0.25) is 5.91 Å². The van der Waals surface area contributed by atoms with Crippen molar-refractivity contribution in [1.29, 1.82) is 0 Å². The van der Waals surface area contributed by atoms with Crippen molar-refractivity contribution in [2.75, 3.05) is 24.3 Å². The van der Waals surface area contributed by atoms with Gasteiger partial charge in [0, 0.05) is 36.7 Å². The number of rotatable bonds is 6. The van der Waals surface area contributed by atoms with Crippen LogP contribution in [0.2, 0.25) is 0 Å². The summed E-state index contributed by atoms with van der Waals surface area (Å²) >= 11 is 0. The molecule has 2 aromatic carbocycles. The lowest BCUT2D eigenvalue weighted by molar-refractivity contribution is -0.115. The van der Waals surface area contributed by atoms with Gasteiger partial charge >= 0.3 is 0 Å². The Balaban J connectivity index is 1.86. The van der Waals surface area contributed by atoms with Gasteiger partial charge in [0.15, 0.2) is 0 Å².